The summed E-state index contributed by atoms with van der Waals surface area (Å²) >= 11 is 1.20. The summed E-state index contributed by atoms with van der Waals surface area (Å²) in [5.41, 5.74) is 3.64. The van der Waals surface area contributed by atoms with Crippen molar-refractivity contribution in [2.75, 3.05) is 24.8 Å². The summed E-state index contributed by atoms with van der Waals surface area (Å²) in [6, 6.07) is 6.34. The fourth-order valence-electron chi connectivity index (χ4n) is 5.42. The van der Waals surface area contributed by atoms with Gasteiger partial charge in [-0.15, -0.1) is 0 Å². The molecule has 270 valence electrons. The Hall–Kier alpha value is -4.17. The summed E-state index contributed by atoms with van der Waals surface area (Å²) in [5, 5.41) is 5.31. The van der Waals surface area contributed by atoms with Crippen LogP contribution in [-0.4, -0.2) is 80.5 Å². The van der Waals surface area contributed by atoms with Crippen molar-refractivity contribution >= 4 is 61.5 Å². The number of carbonyl (C=O) groups excluding carboxylic acids is 1. The monoisotopic (exact) mass is 751 g/mol. The highest BCUT2D eigenvalue weighted by molar-refractivity contribution is 7.10. The van der Waals surface area contributed by atoms with Crippen molar-refractivity contribution in [1.82, 2.24) is 38.1 Å². The zero-order valence-corrected chi connectivity index (χ0v) is 32.8. The molecular formula is C34H43F2N9O3SSi2. The van der Waals surface area contributed by atoms with Gasteiger partial charge in [-0.05, 0) is 42.7 Å². The summed E-state index contributed by atoms with van der Waals surface area (Å²) in [4.78, 5) is 27.5. The summed E-state index contributed by atoms with van der Waals surface area (Å²) in [6.45, 7) is 17.4. The Labute approximate surface area is 301 Å². The molecule has 0 spiro atoms. The molecule has 0 saturated carbocycles. The maximum Gasteiger partial charge on any atom is 0.186 e. The van der Waals surface area contributed by atoms with Gasteiger partial charge >= 0.3 is 0 Å². The molecule has 5 aromatic heterocycles. The number of hydrogen-bond donors (Lipinski definition) is 0. The third-order valence-corrected chi connectivity index (χ3v) is 12.5. The van der Waals surface area contributed by atoms with Gasteiger partial charge in [-0.1, -0.05) is 39.3 Å². The molecule has 0 amide bonds. The number of benzene rings is 1. The smallest absolute Gasteiger partial charge is 0.186 e. The van der Waals surface area contributed by atoms with Crippen LogP contribution in [-0.2, 0) is 22.7 Å². The standard InChI is InChI=1S/C34H43F2N9O3SSi2/c1-23-17-43-28(16-37-33(43)34(39-23)45(22-48-11-13-51(5,6)7)30-14-25(20-46)41-49-30)24-15-38-42(18-24)19-29-40-32-27(9-8-26(35)31(32)36)44(29)21-47-10-12-50(2,3)4/h8-9,14-18,20H,10-13,19,21-22H2,1-7H3. The normalized spacial score (nSPS) is 12.4. The van der Waals surface area contributed by atoms with Gasteiger partial charge in [0.05, 0.1) is 35.8 Å². The van der Waals surface area contributed by atoms with Crippen molar-refractivity contribution < 1.29 is 23.0 Å². The molecule has 0 bridgehead atoms. The average molecular weight is 752 g/mol. The van der Waals surface area contributed by atoms with Gasteiger partial charge in [-0.25, -0.2) is 23.7 Å². The molecule has 0 aliphatic carbocycles. The van der Waals surface area contributed by atoms with E-state index >= 15 is 0 Å². The van der Waals surface area contributed by atoms with Gasteiger partial charge in [-0.2, -0.15) is 9.47 Å². The lowest BCUT2D eigenvalue weighted by Gasteiger charge is -2.23. The van der Waals surface area contributed by atoms with Crippen LogP contribution in [0, 0.1) is 18.6 Å². The summed E-state index contributed by atoms with van der Waals surface area (Å²) in [7, 11) is -2.63. The first-order chi connectivity index (χ1) is 24.2. The number of aldehydes is 1. The van der Waals surface area contributed by atoms with E-state index in [0.717, 1.165) is 41.4 Å². The zero-order valence-electron chi connectivity index (χ0n) is 30.0. The van der Waals surface area contributed by atoms with Gasteiger partial charge in [0.15, 0.2) is 29.4 Å². The van der Waals surface area contributed by atoms with E-state index in [1.165, 1.54) is 17.6 Å². The molecule has 0 fully saturated rings. The molecule has 0 aliphatic heterocycles. The number of carbonyl (C=O) groups is 1. The zero-order chi connectivity index (χ0) is 36.5. The molecule has 6 aromatic rings. The van der Waals surface area contributed by atoms with E-state index in [9.17, 15) is 13.6 Å². The third kappa shape index (κ3) is 8.49. The highest BCUT2D eigenvalue weighted by atomic mass is 32.1. The minimum atomic E-state index is -1.32. The molecule has 12 nitrogen and oxygen atoms in total. The molecular weight excluding hydrogens is 709 g/mol. The van der Waals surface area contributed by atoms with Crippen LogP contribution >= 0.6 is 11.5 Å². The van der Waals surface area contributed by atoms with E-state index in [-0.39, 0.29) is 25.5 Å². The average Bonchev–Trinajstić information content (AvgIpc) is 3.86. The highest BCUT2D eigenvalue weighted by Gasteiger charge is 2.23. The van der Waals surface area contributed by atoms with Crippen LogP contribution in [0.1, 0.15) is 22.0 Å². The molecule has 0 N–H and O–H groups in total. The number of nitrogens with zero attached hydrogens (tertiary/aromatic N) is 9. The van der Waals surface area contributed by atoms with Crippen LogP contribution in [0.2, 0.25) is 51.4 Å². The number of anilines is 2. The SMILES string of the molecule is Cc1cn2c(-c3cnn(Cc4nc5c(F)c(F)ccc5n4COCC[Si](C)(C)C)c3)cnc2c(N(COCC[Si](C)(C)C)c2cc(C=O)ns2)n1. The van der Waals surface area contributed by atoms with E-state index in [0.29, 0.717) is 46.7 Å². The summed E-state index contributed by atoms with van der Waals surface area (Å²) in [5.74, 6) is -0.883. The van der Waals surface area contributed by atoms with Crippen molar-refractivity contribution in [3.63, 3.8) is 0 Å². The molecule has 17 heteroatoms. The van der Waals surface area contributed by atoms with Crippen LogP contribution < -0.4 is 4.90 Å². The second kappa shape index (κ2) is 14.8. The van der Waals surface area contributed by atoms with E-state index < -0.39 is 27.8 Å². The highest BCUT2D eigenvalue weighted by Crippen LogP contribution is 2.33. The Balaban J connectivity index is 1.30. The van der Waals surface area contributed by atoms with Crippen molar-refractivity contribution in [3.05, 3.63) is 71.8 Å². The minimum Gasteiger partial charge on any atom is -0.361 e. The molecule has 0 atom stereocenters. The molecule has 5 heterocycles. The maximum atomic E-state index is 14.8. The second-order valence-electron chi connectivity index (χ2n) is 15.0. The number of ether oxygens (including phenoxy) is 2. The molecule has 0 saturated heterocycles. The number of imidazole rings is 2. The number of aromatic nitrogens is 8. The van der Waals surface area contributed by atoms with Gasteiger partial charge in [0.1, 0.15) is 35.5 Å². The van der Waals surface area contributed by atoms with Gasteiger partial charge in [0, 0.05) is 53.4 Å². The number of hydrogen-bond acceptors (Lipinski definition) is 10. The molecule has 51 heavy (non-hydrogen) atoms. The summed E-state index contributed by atoms with van der Waals surface area (Å²) in [6.07, 6.45) is 7.98. The van der Waals surface area contributed by atoms with Crippen molar-refractivity contribution in [3.8, 4) is 11.3 Å². The Morgan fingerprint density at radius 1 is 0.980 bits per heavy atom. The fourth-order valence-corrected chi connectivity index (χ4v) is 7.64. The third-order valence-electron chi connectivity index (χ3n) is 8.31. The number of halogens is 2. The Kier molecular flexibility index (Phi) is 10.6. The topological polar surface area (TPSA) is 117 Å². The number of aryl methyl sites for hydroxylation is 1. The minimum absolute atomic E-state index is 0.0429. The van der Waals surface area contributed by atoms with Gasteiger partial charge in [0.25, 0.3) is 0 Å². The van der Waals surface area contributed by atoms with Crippen LogP contribution in [0.5, 0.6) is 0 Å². The molecule has 0 aliphatic rings. The van der Waals surface area contributed by atoms with Crippen molar-refractivity contribution in [2.45, 2.75) is 71.6 Å². The first kappa shape index (κ1) is 36.6. The van der Waals surface area contributed by atoms with Crippen molar-refractivity contribution in [2.24, 2.45) is 0 Å². The first-order valence-electron chi connectivity index (χ1n) is 16.8. The second-order valence-corrected chi connectivity index (χ2v) is 27.0. The van der Waals surface area contributed by atoms with Crippen LogP contribution in [0.3, 0.4) is 0 Å². The first-order valence-corrected chi connectivity index (χ1v) is 24.9. The quantitative estimate of drug-likeness (QED) is 0.0426. The van der Waals surface area contributed by atoms with E-state index in [2.05, 4.69) is 53.7 Å². The predicted octanol–water partition coefficient (Wildman–Crippen LogP) is 7.61. The maximum absolute atomic E-state index is 14.8. The lowest BCUT2D eigenvalue weighted by atomic mass is 10.3. The lowest BCUT2D eigenvalue weighted by Crippen LogP contribution is -2.26. The summed E-state index contributed by atoms with van der Waals surface area (Å²) < 4.78 is 50.9. The Morgan fingerprint density at radius 2 is 1.73 bits per heavy atom. The molecule has 6 rings (SSSR count). The predicted molar refractivity (Wildman–Crippen MR) is 200 cm³/mol. The van der Waals surface area contributed by atoms with E-state index in [1.54, 1.807) is 27.7 Å². The molecule has 0 radical (unpaired) electrons. The van der Waals surface area contributed by atoms with Crippen LogP contribution in [0.4, 0.5) is 19.6 Å². The molecule has 0 unspecified atom stereocenters. The Morgan fingerprint density at radius 3 is 2.43 bits per heavy atom. The van der Waals surface area contributed by atoms with Crippen LogP contribution in [0.15, 0.2) is 43.0 Å². The number of fused-ring (bicyclic) bond motifs is 2. The molecule has 1 aromatic carbocycles. The Bertz CT molecular complexity index is 2170. The van der Waals surface area contributed by atoms with Gasteiger partial charge < -0.3 is 14.0 Å². The fraction of sp³-hybridized carbons (Fsp3) is 0.412. The van der Waals surface area contributed by atoms with Gasteiger partial charge in [0.2, 0.25) is 0 Å². The number of rotatable bonds is 16. The van der Waals surface area contributed by atoms with Gasteiger partial charge in [-0.3, -0.25) is 18.8 Å². The van der Waals surface area contributed by atoms with Crippen molar-refractivity contribution in [1.29, 1.82) is 0 Å². The lowest BCUT2D eigenvalue weighted by molar-refractivity contribution is 0.0876. The van der Waals surface area contributed by atoms with E-state index in [4.69, 9.17) is 19.4 Å². The van der Waals surface area contributed by atoms with Crippen LogP contribution in [0.25, 0.3) is 27.9 Å². The largest absolute Gasteiger partial charge is 0.361 e. The van der Waals surface area contributed by atoms with E-state index in [1.807, 2.05) is 28.6 Å².